The number of hydrogen-bond acceptors (Lipinski definition) is 4. The van der Waals surface area contributed by atoms with E-state index in [0.29, 0.717) is 12.4 Å². The van der Waals surface area contributed by atoms with Crippen LogP contribution in [-0.2, 0) is 12.0 Å². The van der Waals surface area contributed by atoms with Crippen LogP contribution in [0.5, 0.6) is 0 Å². The number of anilines is 2. The number of nitrogens with one attached hydrogen (secondary N) is 3. The molecule has 40 heavy (non-hydrogen) atoms. The van der Waals surface area contributed by atoms with Crippen molar-refractivity contribution in [1.29, 1.82) is 0 Å². The van der Waals surface area contributed by atoms with E-state index in [1.807, 2.05) is 77.7 Å². The van der Waals surface area contributed by atoms with E-state index in [9.17, 15) is 9.59 Å². The zero-order chi connectivity index (χ0) is 28.3. The maximum Gasteiger partial charge on any atom is 0.324 e. The minimum absolute atomic E-state index is 0.0555. The molecule has 0 bridgehead atoms. The fourth-order valence-electron chi connectivity index (χ4n) is 4.73. The largest absolute Gasteiger partial charge is 0.334 e. The Morgan fingerprint density at radius 1 is 0.875 bits per heavy atom. The van der Waals surface area contributed by atoms with Crippen LogP contribution in [-0.4, -0.2) is 64.9 Å². The lowest BCUT2D eigenvalue weighted by molar-refractivity contribution is 0.154. The zero-order valence-corrected chi connectivity index (χ0v) is 23.6. The van der Waals surface area contributed by atoms with Gasteiger partial charge in [-0.3, -0.25) is 5.32 Å². The van der Waals surface area contributed by atoms with Crippen LogP contribution in [0.25, 0.3) is 16.5 Å². The van der Waals surface area contributed by atoms with Gasteiger partial charge in [-0.2, -0.15) is 5.10 Å². The first-order valence-corrected chi connectivity index (χ1v) is 13.6. The van der Waals surface area contributed by atoms with Gasteiger partial charge in [0.15, 0.2) is 0 Å². The number of nitrogens with zero attached hydrogens (tertiary/aromatic N) is 4. The summed E-state index contributed by atoms with van der Waals surface area (Å²) in [7, 11) is 2.07. The highest BCUT2D eigenvalue weighted by Crippen LogP contribution is 2.28. The number of carbonyl (C=O) groups excluding carboxylic acids is 2. The highest BCUT2D eigenvalue weighted by molar-refractivity contribution is 6.06. The van der Waals surface area contributed by atoms with E-state index >= 15 is 0 Å². The highest BCUT2D eigenvalue weighted by Gasteiger charge is 2.22. The summed E-state index contributed by atoms with van der Waals surface area (Å²) in [6, 6.07) is 23.1. The quantitative estimate of drug-likeness (QED) is 0.316. The molecule has 1 aliphatic heterocycles. The summed E-state index contributed by atoms with van der Waals surface area (Å²) in [4.78, 5) is 29.9. The van der Waals surface area contributed by atoms with Gasteiger partial charge in [0, 0.05) is 49.6 Å². The van der Waals surface area contributed by atoms with Crippen LogP contribution in [0.3, 0.4) is 0 Å². The molecule has 0 atom stereocenters. The summed E-state index contributed by atoms with van der Waals surface area (Å²) >= 11 is 0. The van der Waals surface area contributed by atoms with Crippen LogP contribution in [0.2, 0.25) is 0 Å². The van der Waals surface area contributed by atoms with Crippen LogP contribution in [0.15, 0.2) is 72.8 Å². The van der Waals surface area contributed by atoms with E-state index in [4.69, 9.17) is 5.10 Å². The second-order valence-electron chi connectivity index (χ2n) is 11.3. The number of likely N-dealkylation sites (N-methyl/N-ethyl adjacent to an activating group) is 1. The molecule has 0 aliphatic carbocycles. The lowest BCUT2D eigenvalue weighted by Gasteiger charge is -2.32. The number of hydrogen-bond donors (Lipinski definition) is 3. The van der Waals surface area contributed by atoms with Crippen LogP contribution in [0.4, 0.5) is 21.1 Å². The normalized spacial score (nSPS) is 14.2. The van der Waals surface area contributed by atoms with Gasteiger partial charge < -0.3 is 20.4 Å². The second-order valence-corrected chi connectivity index (χ2v) is 11.3. The molecule has 4 aromatic rings. The molecule has 1 saturated heterocycles. The highest BCUT2D eigenvalue weighted by atomic mass is 16.2. The molecule has 3 aromatic carbocycles. The number of carbonyl (C=O) groups is 2. The summed E-state index contributed by atoms with van der Waals surface area (Å²) in [6.45, 7) is 9.86. The average molecular weight is 540 g/mol. The Hall–Kier alpha value is -4.37. The molecule has 2 heterocycles. The fourth-order valence-corrected chi connectivity index (χ4v) is 4.73. The Balaban J connectivity index is 1.34. The van der Waals surface area contributed by atoms with E-state index in [1.54, 1.807) is 4.68 Å². The molecule has 1 fully saturated rings. The Kier molecular flexibility index (Phi) is 7.75. The van der Waals surface area contributed by atoms with Crippen molar-refractivity contribution in [3.63, 3.8) is 0 Å². The molecule has 0 radical (unpaired) electrons. The molecule has 9 nitrogen and oxygen atoms in total. The van der Waals surface area contributed by atoms with Gasteiger partial charge in [0.1, 0.15) is 5.82 Å². The van der Waals surface area contributed by atoms with Crippen LogP contribution in [0, 0.1) is 0 Å². The van der Waals surface area contributed by atoms with Gasteiger partial charge in [0.05, 0.1) is 17.1 Å². The molecule has 0 spiro atoms. The number of fused-ring (bicyclic) bond motifs is 1. The van der Waals surface area contributed by atoms with E-state index in [-0.39, 0.29) is 17.5 Å². The molecule has 0 unspecified atom stereocenters. The van der Waals surface area contributed by atoms with Gasteiger partial charge in [-0.05, 0) is 36.2 Å². The topological polar surface area (TPSA) is 94.5 Å². The van der Waals surface area contributed by atoms with Gasteiger partial charge in [0.25, 0.3) is 0 Å². The summed E-state index contributed by atoms with van der Waals surface area (Å²) in [5.41, 5.74) is 3.10. The van der Waals surface area contributed by atoms with Crippen LogP contribution in [0.1, 0.15) is 32.0 Å². The van der Waals surface area contributed by atoms with Gasteiger partial charge in [-0.1, -0.05) is 69.3 Å². The molecule has 9 heteroatoms. The minimum Gasteiger partial charge on any atom is -0.334 e. The number of piperazine rings is 1. The van der Waals surface area contributed by atoms with Crippen LogP contribution >= 0.6 is 0 Å². The first-order valence-electron chi connectivity index (χ1n) is 13.6. The number of urea groups is 2. The zero-order valence-electron chi connectivity index (χ0n) is 23.6. The third kappa shape index (κ3) is 6.26. The monoisotopic (exact) mass is 539 g/mol. The predicted octanol–water partition coefficient (Wildman–Crippen LogP) is 5.42. The summed E-state index contributed by atoms with van der Waals surface area (Å²) in [6.07, 6.45) is 0. The lowest BCUT2D eigenvalue weighted by atomic mass is 9.92. The molecular weight excluding hydrogens is 502 g/mol. The molecule has 4 amide bonds. The standard InChI is InChI=1S/C31H37N7O2/c1-31(2,3)27-20-28(34-29(39)33-26-14-8-11-23-10-5-6-13-25(23)26)38(35-27)24-12-7-9-22(19-24)21-32-30(40)37-17-15-36(4)16-18-37/h5-14,19-20H,15-18,21H2,1-4H3,(H,32,40)(H2,33,34,39). The van der Waals surface area contributed by atoms with E-state index in [2.05, 4.69) is 48.7 Å². The molecule has 208 valence electrons. The number of amides is 4. The van der Waals surface area contributed by atoms with Crippen molar-refractivity contribution >= 4 is 34.3 Å². The first-order chi connectivity index (χ1) is 19.2. The third-order valence-corrected chi connectivity index (χ3v) is 7.15. The molecule has 5 rings (SSSR count). The number of aromatic nitrogens is 2. The molecule has 1 aromatic heterocycles. The second kappa shape index (κ2) is 11.4. The number of benzene rings is 3. The minimum atomic E-state index is -0.353. The number of rotatable bonds is 5. The van der Waals surface area contributed by atoms with Crippen LogP contribution < -0.4 is 16.0 Å². The van der Waals surface area contributed by atoms with Crippen molar-refractivity contribution in [3.8, 4) is 5.69 Å². The Bertz CT molecular complexity index is 1510. The van der Waals surface area contributed by atoms with Crippen molar-refractivity contribution in [2.24, 2.45) is 0 Å². The summed E-state index contributed by atoms with van der Waals surface area (Å²) < 4.78 is 1.75. The fraction of sp³-hybridized carbons (Fsp3) is 0.323. The van der Waals surface area contributed by atoms with Crippen molar-refractivity contribution < 1.29 is 9.59 Å². The molecular formula is C31H37N7O2. The summed E-state index contributed by atoms with van der Waals surface area (Å²) in [5, 5.41) is 15.9. The van der Waals surface area contributed by atoms with E-state index < -0.39 is 0 Å². The smallest absolute Gasteiger partial charge is 0.324 e. The van der Waals surface area contributed by atoms with Gasteiger partial charge in [0.2, 0.25) is 0 Å². The summed E-state index contributed by atoms with van der Waals surface area (Å²) in [5.74, 6) is 0.557. The van der Waals surface area contributed by atoms with E-state index in [0.717, 1.165) is 59.6 Å². The Morgan fingerprint density at radius 3 is 2.38 bits per heavy atom. The van der Waals surface area contributed by atoms with E-state index in [1.165, 1.54) is 0 Å². The molecule has 0 saturated carbocycles. The average Bonchev–Trinajstić information content (AvgIpc) is 3.37. The third-order valence-electron chi connectivity index (χ3n) is 7.15. The van der Waals surface area contributed by atoms with Gasteiger partial charge in [-0.25, -0.2) is 14.3 Å². The maximum absolute atomic E-state index is 13.2. The van der Waals surface area contributed by atoms with Crippen molar-refractivity contribution in [2.75, 3.05) is 43.9 Å². The first kappa shape index (κ1) is 27.2. The predicted molar refractivity (Wildman–Crippen MR) is 160 cm³/mol. The Labute approximate surface area is 235 Å². The van der Waals surface area contributed by atoms with Crippen molar-refractivity contribution in [2.45, 2.75) is 32.7 Å². The van der Waals surface area contributed by atoms with Crippen molar-refractivity contribution in [1.82, 2.24) is 24.9 Å². The van der Waals surface area contributed by atoms with Gasteiger partial charge >= 0.3 is 12.1 Å². The van der Waals surface area contributed by atoms with Gasteiger partial charge in [-0.15, -0.1) is 0 Å². The van der Waals surface area contributed by atoms with Crippen molar-refractivity contribution in [3.05, 3.63) is 84.1 Å². The maximum atomic E-state index is 13.2. The Morgan fingerprint density at radius 2 is 1.60 bits per heavy atom. The SMILES string of the molecule is CN1CCN(C(=O)NCc2cccc(-n3nc(C(C)(C)C)cc3NC(=O)Nc3cccc4ccccc34)c2)CC1. The molecule has 3 N–H and O–H groups in total. The lowest BCUT2D eigenvalue weighted by Crippen LogP contribution is -2.50. The molecule has 1 aliphatic rings.